The fraction of sp³-hybridized carbons (Fsp3) is 0.667. The highest BCUT2D eigenvalue weighted by atomic mass is 16.6. The van der Waals surface area contributed by atoms with Crippen LogP contribution >= 0.6 is 0 Å². The Morgan fingerprint density at radius 2 is 2.00 bits per heavy atom. The standard InChI is InChI=1S/C24H33N3O3/c1-2-30-23(29)27-11-5-6-17-14-18(15-21(17)27)26-12-9-24(10-13-26)16-22(28)25-20-8-4-3-7-19(20)24/h3-4,7-8,17-18,21H,2,5-6,9-16H2,1H3,(H,25,28). The molecule has 1 aromatic carbocycles. The molecule has 1 aromatic rings. The highest BCUT2D eigenvalue weighted by Gasteiger charge is 2.47. The summed E-state index contributed by atoms with van der Waals surface area (Å²) in [5.74, 6) is 0.754. The number of nitrogens with one attached hydrogen (secondary N) is 1. The number of para-hydroxylation sites is 1. The second-order valence-corrected chi connectivity index (χ2v) is 9.57. The zero-order valence-electron chi connectivity index (χ0n) is 17.9. The molecule has 6 heteroatoms. The first-order valence-electron chi connectivity index (χ1n) is 11.7. The van der Waals surface area contributed by atoms with Crippen LogP contribution in [0.5, 0.6) is 0 Å². The van der Waals surface area contributed by atoms with Gasteiger partial charge in [-0.05, 0) is 76.1 Å². The lowest BCUT2D eigenvalue weighted by atomic mass is 9.68. The summed E-state index contributed by atoms with van der Waals surface area (Å²) >= 11 is 0. The number of piperidine rings is 2. The van der Waals surface area contributed by atoms with Crippen molar-refractivity contribution in [2.45, 2.75) is 69.4 Å². The molecule has 1 aliphatic carbocycles. The summed E-state index contributed by atoms with van der Waals surface area (Å²) in [6, 6.07) is 9.21. The minimum absolute atomic E-state index is 0.0161. The van der Waals surface area contributed by atoms with Crippen LogP contribution < -0.4 is 5.32 Å². The largest absolute Gasteiger partial charge is 0.450 e. The molecule has 6 nitrogen and oxygen atoms in total. The Kier molecular flexibility index (Phi) is 5.21. The van der Waals surface area contributed by atoms with Gasteiger partial charge in [0.05, 0.1) is 6.61 Å². The summed E-state index contributed by atoms with van der Waals surface area (Å²) in [6.07, 6.45) is 7.10. The van der Waals surface area contributed by atoms with Crippen molar-refractivity contribution in [3.05, 3.63) is 29.8 Å². The molecule has 1 N–H and O–H groups in total. The van der Waals surface area contributed by atoms with E-state index in [1.54, 1.807) is 0 Å². The number of hydrogen-bond acceptors (Lipinski definition) is 4. The number of nitrogens with zero attached hydrogens (tertiary/aromatic N) is 2. The van der Waals surface area contributed by atoms with Crippen LogP contribution in [-0.4, -0.2) is 60.1 Å². The van der Waals surface area contributed by atoms with Gasteiger partial charge in [-0.3, -0.25) is 4.79 Å². The predicted octanol–water partition coefficient (Wildman–Crippen LogP) is 3.76. The van der Waals surface area contributed by atoms with Gasteiger partial charge in [0.1, 0.15) is 0 Å². The second kappa shape index (κ2) is 7.88. The fourth-order valence-corrected chi connectivity index (χ4v) is 6.60. The van der Waals surface area contributed by atoms with E-state index in [2.05, 4.69) is 22.3 Å². The van der Waals surface area contributed by atoms with Crippen LogP contribution in [0.3, 0.4) is 0 Å². The lowest BCUT2D eigenvalue weighted by Crippen LogP contribution is -2.50. The number of carbonyl (C=O) groups excluding carboxylic acids is 2. The lowest BCUT2D eigenvalue weighted by molar-refractivity contribution is -0.118. The van der Waals surface area contributed by atoms with E-state index < -0.39 is 0 Å². The van der Waals surface area contributed by atoms with Crippen molar-refractivity contribution >= 4 is 17.7 Å². The SMILES string of the molecule is CCOC(=O)N1CCCC2CC(N3CCC4(CC3)CC(=O)Nc3ccccc34)CC21. The van der Waals surface area contributed by atoms with E-state index >= 15 is 0 Å². The summed E-state index contributed by atoms with van der Waals surface area (Å²) in [5, 5.41) is 3.06. The summed E-state index contributed by atoms with van der Waals surface area (Å²) < 4.78 is 5.32. The van der Waals surface area contributed by atoms with Gasteiger partial charge in [-0.2, -0.15) is 0 Å². The molecule has 3 fully saturated rings. The molecule has 3 aliphatic heterocycles. The molecule has 1 spiro atoms. The summed E-state index contributed by atoms with van der Waals surface area (Å²) in [6.45, 7) is 5.22. The summed E-state index contributed by atoms with van der Waals surface area (Å²) in [7, 11) is 0. The van der Waals surface area contributed by atoms with E-state index in [9.17, 15) is 9.59 Å². The molecule has 0 radical (unpaired) electrons. The van der Waals surface area contributed by atoms with Crippen molar-refractivity contribution < 1.29 is 14.3 Å². The van der Waals surface area contributed by atoms with Crippen molar-refractivity contribution in [1.29, 1.82) is 0 Å². The Morgan fingerprint density at radius 1 is 1.20 bits per heavy atom. The number of carbonyl (C=O) groups is 2. The molecule has 3 unspecified atom stereocenters. The molecule has 2 amide bonds. The van der Waals surface area contributed by atoms with E-state index in [1.165, 1.54) is 18.4 Å². The normalized spacial score (nSPS) is 30.5. The molecule has 3 atom stereocenters. The molecule has 1 saturated carbocycles. The number of hydrogen-bond donors (Lipinski definition) is 1. The Morgan fingerprint density at radius 3 is 2.80 bits per heavy atom. The van der Waals surface area contributed by atoms with Crippen molar-refractivity contribution in [1.82, 2.24) is 9.80 Å². The molecule has 4 aliphatic rings. The monoisotopic (exact) mass is 411 g/mol. The predicted molar refractivity (Wildman–Crippen MR) is 115 cm³/mol. The average molecular weight is 412 g/mol. The Balaban J connectivity index is 1.27. The van der Waals surface area contributed by atoms with Crippen LogP contribution in [0.4, 0.5) is 10.5 Å². The van der Waals surface area contributed by atoms with Gasteiger partial charge < -0.3 is 19.9 Å². The van der Waals surface area contributed by atoms with Gasteiger partial charge in [-0.15, -0.1) is 0 Å². The zero-order valence-corrected chi connectivity index (χ0v) is 17.9. The Hall–Kier alpha value is -2.08. The van der Waals surface area contributed by atoms with Crippen LogP contribution in [0.25, 0.3) is 0 Å². The maximum atomic E-state index is 12.4. The topological polar surface area (TPSA) is 61.9 Å². The average Bonchev–Trinajstić information content (AvgIpc) is 3.18. The highest BCUT2D eigenvalue weighted by Crippen LogP contribution is 2.47. The number of anilines is 1. The van der Waals surface area contributed by atoms with E-state index in [1.807, 2.05) is 24.0 Å². The number of likely N-dealkylation sites (tertiary alicyclic amines) is 2. The van der Waals surface area contributed by atoms with E-state index in [0.29, 0.717) is 31.0 Å². The second-order valence-electron chi connectivity index (χ2n) is 9.57. The lowest BCUT2D eigenvalue weighted by Gasteiger charge is -2.46. The number of amides is 2. The third-order valence-corrected chi connectivity index (χ3v) is 8.05. The molecule has 0 aromatic heterocycles. The molecule has 5 rings (SSSR count). The van der Waals surface area contributed by atoms with Crippen LogP contribution in [-0.2, 0) is 14.9 Å². The molecule has 3 heterocycles. The van der Waals surface area contributed by atoms with Crippen molar-refractivity contribution in [2.75, 3.05) is 31.6 Å². The minimum Gasteiger partial charge on any atom is -0.450 e. The Bertz CT molecular complexity index is 818. The maximum absolute atomic E-state index is 12.4. The first-order chi connectivity index (χ1) is 14.6. The first-order valence-corrected chi connectivity index (χ1v) is 11.7. The van der Waals surface area contributed by atoms with Crippen molar-refractivity contribution in [3.8, 4) is 0 Å². The van der Waals surface area contributed by atoms with Crippen molar-refractivity contribution in [3.63, 3.8) is 0 Å². The molecule has 2 saturated heterocycles. The summed E-state index contributed by atoms with van der Waals surface area (Å²) in [5.41, 5.74) is 2.30. The Labute approximate surface area is 178 Å². The number of ether oxygens (including phenoxy) is 1. The van der Waals surface area contributed by atoms with Crippen LogP contribution in [0, 0.1) is 5.92 Å². The quantitative estimate of drug-likeness (QED) is 0.805. The third kappa shape index (κ3) is 3.39. The van der Waals surface area contributed by atoms with Crippen LogP contribution in [0.1, 0.15) is 57.4 Å². The molecular formula is C24H33N3O3. The van der Waals surface area contributed by atoms with Gasteiger partial charge in [0.15, 0.2) is 0 Å². The maximum Gasteiger partial charge on any atom is 0.410 e. The van der Waals surface area contributed by atoms with Crippen molar-refractivity contribution in [2.24, 2.45) is 5.92 Å². The van der Waals surface area contributed by atoms with Gasteiger partial charge in [0.2, 0.25) is 5.91 Å². The molecular weight excluding hydrogens is 378 g/mol. The van der Waals surface area contributed by atoms with Crippen LogP contribution in [0.2, 0.25) is 0 Å². The third-order valence-electron chi connectivity index (χ3n) is 8.05. The van der Waals surface area contributed by atoms with Gasteiger partial charge >= 0.3 is 6.09 Å². The first kappa shape index (κ1) is 19.9. The van der Waals surface area contributed by atoms with Crippen LogP contribution in [0.15, 0.2) is 24.3 Å². The highest BCUT2D eigenvalue weighted by molar-refractivity contribution is 5.95. The fourth-order valence-electron chi connectivity index (χ4n) is 6.60. The van der Waals surface area contributed by atoms with E-state index in [-0.39, 0.29) is 17.4 Å². The van der Waals surface area contributed by atoms with E-state index in [0.717, 1.165) is 51.0 Å². The molecule has 0 bridgehead atoms. The molecule has 162 valence electrons. The number of benzene rings is 1. The zero-order chi connectivity index (χ0) is 20.7. The smallest absolute Gasteiger partial charge is 0.410 e. The van der Waals surface area contributed by atoms with E-state index in [4.69, 9.17) is 4.74 Å². The molecule has 30 heavy (non-hydrogen) atoms. The summed E-state index contributed by atoms with van der Waals surface area (Å²) in [4.78, 5) is 29.5. The van der Waals surface area contributed by atoms with Gasteiger partial charge in [-0.1, -0.05) is 18.2 Å². The van der Waals surface area contributed by atoms with Gasteiger partial charge in [0, 0.05) is 36.2 Å². The minimum atomic E-state index is -0.129. The number of fused-ring (bicyclic) bond motifs is 3. The number of rotatable bonds is 2. The van der Waals surface area contributed by atoms with Gasteiger partial charge in [0.25, 0.3) is 0 Å². The van der Waals surface area contributed by atoms with Gasteiger partial charge in [-0.25, -0.2) is 4.79 Å².